The number of rotatable bonds is 10. The maximum absolute atomic E-state index is 13.3. The molecule has 10 nitrogen and oxygen atoms in total. The van der Waals surface area contributed by atoms with E-state index in [4.69, 9.17) is 24.1 Å². The highest BCUT2D eigenvalue weighted by Crippen LogP contribution is 2.29. The fraction of sp³-hybridized carbons (Fsp3) is 0.484. The average Bonchev–Trinajstić information content (AvgIpc) is 3.21. The highest BCUT2D eigenvalue weighted by atomic mass is 32.2. The number of carbonyl (C=O) groups excluding carboxylic acids is 2. The minimum absolute atomic E-state index is 0.165. The van der Waals surface area contributed by atoms with Crippen molar-refractivity contribution in [1.82, 2.24) is 14.7 Å². The van der Waals surface area contributed by atoms with Crippen molar-refractivity contribution in [1.29, 1.82) is 0 Å². The Labute approximate surface area is 251 Å². The van der Waals surface area contributed by atoms with Gasteiger partial charge in [-0.1, -0.05) is 29.8 Å². The first-order valence-corrected chi connectivity index (χ1v) is 15.4. The maximum Gasteiger partial charge on any atom is 0.435 e. The van der Waals surface area contributed by atoms with Gasteiger partial charge in [0.25, 0.3) is 0 Å². The summed E-state index contributed by atoms with van der Waals surface area (Å²) in [6.07, 6.45) is -1.53. The fourth-order valence-electron chi connectivity index (χ4n) is 4.02. The van der Waals surface area contributed by atoms with Crippen LogP contribution in [0.25, 0.3) is 10.9 Å². The molecule has 3 aromatic rings. The molecule has 1 heterocycles. The molecule has 0 aliphatic carbocycles. The van der Waals surface area contributed by atoms with Crippen LogP contribution in [0.1, 0.15) is 65.8 Å². The zero-order chi connectivity index (χ0) is 31.2. The van der Waals surface area contributed by atoms with E-state index in [9.17, 15) is 9.59 Å². The molecule has 42 heavy (non-hydrogen) atoms. The Bertz CT molecular complexity index is 1420. The maximum atomic E-state index is 13.3. The van der Waals surface area contributed by atoms with Crippen molar-refractivity contribution >= 4 is 45.4 Å². The van der Waals surface area contributed by atoms with Crippen LogP contribution >= 0.6 is 10.8 Å². The molecule has 2 aromatic carbocycles. The van der Waals surface area contributed by atoms with Crippen LogP contribution in [0.4, 0.5) is 15.3 Å². The summed E-state index contributed by atoms with van der Waals surface area (Å²) >= 11 is 0. The van der Waals surface area contributed by atoms with E-state index >= 15 is 0 Å². The summed E-state index contributed by atoms with van der Waals surface area (Å²) in [6.45, 7) is 15.3. The summed E-state index contributed by atoms with van der Waals surface area (Å²) < 4.78 is 24.8. The smallest absolute Gasteiger partial charge is 0.435 e. The van der Waals surface area contributed by atoms with E-state index < -0.39 is 40.3 Å². The van der Waals surface area contributed by atoms with Crippen molar-refractivity contribution in [3.8, 4) is 5.75 Å². The molecule has 0 aliphatic heterocycles. The minimum Gasteiger partial charge on any atom is -0.492 e. The second-order valence-corrected chi connectivity index (χ2v) is 13.6. The predicted molar refractivity (Wildman–Crippen MR) is 169 cm³/mol. The van der Waals surface area contributed by atoms with E-state index in [1.807, 2.05) is 65.0 Å². The Morgan fingerprint density at radius 2 is 1.76 bits per heavy atom. The lowest BCUT2D eigenvalue weighted by Gasteiger charge is -2.30. The number of aryl methyl sites for hydroxylation is 1. The Kier molecular flexibility index (Phi) is 10.7. The second kappa shape index (κ2) is 13.6. The van der Waals surface area contributed by atoms with Gasteiger partial charge in [0.2, 0.25) is 0 Å². The van der Waals surface area contributed by atoms with Crippen LogP contribution in [0.15, 0.2) is 42.5 Å². The summed E-state index contributed by atoms with van der Waals surface area (Å²) in [5.41, 5.74) is 7.41. The Morgan fingerprint density at radius 1 is 1.07 bits per heavy atom. The predicted octanol–water partition coefficient (Wildman–Crippen LogP) is 6.72. The summed E-state index contributed by atoms with van der Waals surface area (Å²) in [4.78, 5) is 27.6. The van der Waals surface area contributed by atoms with E-state index in [0.717, 1.165) is 16.7 Å². The largest absolute Gasteiger partial charge is 0.492 e. The van der Waals surface area contributed by atoms with Crippen LogP contribution < -0.4 is 10.5 Å². The number of amides is 1. The van der Waals surface area contributed by atoms with Gasteiger partial charge in [0.1, 0.15) is 29.7 Å². The molecule has 1 amide bonds. The van der Waals surface area contributed by atoms with Gasteiger partial charge in [-0.05, 0) is 84.2 Å². The first-order valence-electron chi connectivity index (χ1n) is 13.9. The molecule has 0 radical (unpaired) electrons. The first-order chi connectivity index (χ1) is 19.6. The number of benzene rings is 2. The lowest BCUT2D eigenvalue weighted by Crippen LogP contribution is -2.41. The Balaban J connectivity index is 1.82. The van der Waals surface area contributed by atoms with Crippen LogP contribution in [0.2, 0.25) is 0 Å². The quantitative estimate of drug-likeness (QED) is 0.201. The molecule has 0 saturated carbocycles. The van der Waals surface area contributed by atoms with Gasteiger partial charge >= 0.3 is 12.2 Å². The van der Waals surface area contributed by atoms with Crippen molar-refractivity contribution in [3.63, 3.8) is 0 Å². The lowest BCUT2D eigenvalue weighted by molar-refractivity contribution is 0.0153. The molecular formula is C31H44N4O6S. The fourth-order valence-corrected chi connectivity index (χ4v) is 4.66. The van der Waals surface area contributed by atoms with Gasteiger partial charge in [-0.25, -0.2) is 9.59 Å². The minimum atomic E-state index is -0.688. The van der Waals surface area contributed by atoms with Gasteiger partial charge in [-0.2, -0.15) is 9.78 Å². The van der Waals surface area contributed by atoms with Gasteiger partial charge in [0.15, 0.2) is 0 Å². The molecule has 2 N–H and O–H groups in total. The third-order valence-electron chi connectivity index (χ3n) is 5.93. The van der Waals surface area contributed by atoms with Gasteiger partial charge in [-0.3, -0.25) is 0 Å². The third-order valence-corrected chi connectivity index (χ3v) is 7.08. The Morgan fingerprint density at radius 3 is 2.38 bits per heavy atom. The number of hydrogen-bond donors (Lipinski definition) is 1. The number of nitrogens with two attached hydrogens (primary N) is 1. The molecule has 230 valence electrons. The summed E-state index contributed by atoms with van der Waals surface area (Å²) in [5, 5.41) is 5.18. The molecule has 1 aromatic heterocycles. The first kappa shape index (κ1) is 32.9. The average molecular weight is 601 g/mol. The number of hydrogen-bond acceptors (Lipinski definition) is 8. The number of carbonyl (C=O) groups is 2. The van der Waals surface area contributed by atoms with Crippen LogP contribution in [0, 0.1) is 6.92 Å². The number of nitrogen functional groups attached to an aromatic ring is 1. The number of anilines is 1. The molecule has 0 bridgehead atoms. The van der Waals surface area contributed by atoms with Crippen molar-refractivity contribution in [2.75, 3.05) is 31.2 Å². The molecule has 3 rings (SSSR count). The number of fused-ring (bicyclic) bond motifs is 1. The zero-order valence-corrected chi connectivity index (χ0v) is 26.7. The SMILES string of the molecule is C=S(CC)OC(CN(CCOc1ccc2c(C)nn(C(=O)OC(C)(C)C)c2c1)C(=O)OC(C)(C)C)c1cccc(N)c1. The highest BCUT2D eigenvalue weighted by Gasteiger charge is 2.27. The Hall–Kier alpha value is -3.57. The molecule has 0 saturated heterocycles. The molecular weight excluding hydrogens is 556 g/mol. The van der Waals surface area contributed by atoms with E-state index in [1.54, 1.807) is 37.8 Å². The van der Waals surface area contributed by atoms with Crippen molar-refractivity contribution in [2.24, 2.45) is 0 Å². The molecule has 2 unspecified atom stereocenters. The molecule has 0 spiro atoms. The van der Waals surface area contributed by atoms with Crippen molar-refractivity contribution in [3.05, 3.63) is 53.7 Å². The van der Waals surface area contributed by atoms with Gasteiger partial charge < -0.3 is 29.0 Å². The van der Waals surface area contributed by atoms with Gasteiger partial charge in [0, 0.05) is 22.9 Å². The summed E-state index contributed by atoms with van der Waals surface area (Å²) in [7, 11) is -0.570. The number of aromatic nitrogens is 2. The van der Waals surface area contributed by atoms with Crippen LogP contribution in [-0.4, -0.2) is 69.4 Å². The van der Waals surface area contributed by atoms with Crippen LogP contribution in [0.5, 0.6) is 5.75 Å². The standard InChI is InChI=1S/C31H44N4O6S/c1-10-42(9)41-27(22-12-11-13-23(32)18-22)20-34(28(36)39-30(3,4)5)16-17-38-24-14-15-25-21(2)33-35(26(25)19-24)29(37)40-31(6,7)8/h11-15,18-19,27H,9-10,16-17,20,32H2,1-8H3. The third kappa shape index (κ3) is 9.49. The topological polar surface area (TPSA) is 118 Å². The number of nitrogens with zero attached hydrogens (tertiary/aromatic N) is 3. The van der Waals surface area contributed by atoms with E-state index in [2.05, 4.69) is 11.0 Å². The van der Waals surface area contributed by atoms with E-state index in [1.165, 1.54) is 4.68 Å². The monoisotopic (exact) mass is 600 g/mol. The van der Waals surface area contributed by atoms with E-state index in [0.29, 0.717) is 22.6 Å². The van der Waals surface area contributed by atoms with E-state index in [-0.39, 0.29) is 19.7 Å². The van der Waals surface area contributed by atoms with Gasteiger partial charge in [0.05, 0.1) is 24.3 Å². The summed E-state index contributed by atoms with van der Waals surface area (Å²) in [5.74, 6) is 5.35. The van der Waals surface area contributed by atoms with Gasteiger partial charge in [-0.15, -0.1) is 0 Å². The van der Waals surface area contributed by atoms with Crippen LogP contribution in [0.3, 0.4) is 0 Å². The molecule has 2 atom stereocenters. The normalized spacial score (nSPS) is 13.4. The molecule has 0 fully saturated rings. The second-order valence-electron chi connectivity index (χ2n) is 11.9. The molecule has 11 heteroatoms. The van der Waals surface area contributed by atoms with Crippen molar-refractivity contribution in [2.45, 2.75) is 72.7 Å². The molecule has 0 aliphatic rings. The van der Waals surface area contributed by atoms with Crippen LogP contribution in [-0.2, 0) is 13.7 Å². The zero-order valence-electron chi connectivity index (χ0n) is 25.9. The van der Waals surface area contributed by atoms with Crippen molar-refractivity contribution < 1.29 is 28.0 Å². The summed E-state index contributed by atoms with van der Waals surface area (Å²) in [6, 6.07) is 12.8. The lowest BCUT2D eigenvalue weighted by atomic mass is 10.1. The highest BCUT2D eigenvalue weighted by molar-refractivity contribution is 8.09. The number of ether oxygens (including phenoxy) is 3.